The molecular formula is C25H18BrN3OS. The van der Waals surface area contributed by atoms with Gasteiger partial charge in [-0.15, -0.1) is 0 Å². The summed E-state index contributed by atoms with van der Waals surface area (Å²) in [6, 6.07) is 26.1. The zero-order valence-electron chi connectivity index (χ0n) is 16.5. The summed E-state index contributed by atoms with van der Waals surface area (Å²) in [5.41, 5.74) is 2.70. The second-order valence-electron chi connectivity index (χ2n) is 7.27. The maximum atomic E-state index is 13.5. The number of hydrogen-bond acceptors (Lipinski definition) is 4. The maximum absolute atomic E-state index is 13.5. The summed E-state index contributed by atoms with van der Waals surface area (Å²) in [5, 5.41) is 2.99. The van der Waals surface area contributed by atoms with Crippen LogP contribution in [0.1, 0.15) is 11.3 Å². The lowest BCUT2D eigenvalue weighted by molar-refractivity contribution is -0.118. The van der Waals surface area contributed by atoms with Crippen LogP contribution in [0.3, 0.4) is 0 Å². The number of pyridine rings is 1. The van der Waals surface area contributed by atoms with Crippen LogP contribution in [0, 0.1) is 0 Å². The van der Waals surface area contributed by atoms with E-state index in [0.717, 1.165) is 31.3 Å². The van der Waals surface area contributed by atoms with Crippen molar-refractivity contribution in [3.63, 3.8) is 0 Å². The van der Waals surface area contributed by atoms with Crippen LogP contribution in [0.4, 0.5) is 5.13 Å². The average Bonchev–Trinajstić information content (AvgIpc) is 3.20. The van der Waals surface area contributed by atoms with E-state index in [-0.39, 0.29) is 5.91 Å². The third kappa shape index (κ3) is 4.36. The molecule has 3 aromatic carbocycles. The molecule has 0 bridgehead atoms. The fraction of sp³-hybridized carbons (Fsp3) is 0.0800. The Morgan fingerprint density at radius 2 is 1.77 bits per heavy atom. The highest BCUT2D eigenvalue weighted by atomic mass is 79.9. The van der Waals surface area contributed by atoms with E-state index < -0.39 is 0 Å². The van der Waals surface area contributed by atoms with Crippen molar-refractivity contribution in [3.8, 4) is 0 Å². The monoisotopic (exact) mass is 487 g/mol. The first kappa shape index (κ1) is 19.8. The van der Waals surface area contributed by atoms with Crippen LogP contribution in [-0.2, 0) is 17.8 Å². The van der Waals surface area contributed by atoms with Crippen LogP contribution in [0.5, 0.6) is 0 Å². The fourth-order valence-electron chi connectivity index (χ4n) is 3.54. The quantitative estimate of drug-likeness (QED) is 0.288. The molecule has 152 valence electrons. The first-order valence-electron chi connectivity index (χ1n) is 9.90. The van der Waals surface area contributed by atoms with E-state index in [1.807, 2.05) is 54.6 Å². The number of anilines is 1. The van der Waals surface area contributed by atoms with Crippen molar-refractivity contribution in [1.29, 1.82) is 0 Å². The second-order valence-corrected chi connectivity index (χ2v) is 9.19. The van der Waals surface area contributed by atoms with Gasteiger partial charge in [0.25, 0.3) is 0 Å². The third-order valence-corrected chi connectivity index (χ3v) is 6.62. The number of carbonyl (C=O) groups excluding carboxylic acids is 1. The molecule has 0 N–H and O–H groups in total. The minimum Gasteiger partial charge on any atom is -0.282 e. The molecule has 0 aliphatic heterocycles. The number of halogens is 1. The molecule has 0 aliphatic rings. The number of aromatic nitrogens is 2. The molecule has 0 saturated heterocycles. The summed E-state index contributed by atoms with van der Waals surface area (Å²) >= 11 is 5.03. The van der Waals surface area contributed by atoms with E-state index >= 15 is 0 Å². The molecule has 0 unspecified atom stereocenters. The van der Waals surface area contributed by atoms with Crippen LogP contribution in [0.15, 0.2) is 89.5 Å². The van der Waals surface area contributed by atoms with E-state index in [9.17, 15) is 4.79 Å². The lowest BCUT2D eigenvalue weighted by Gasteiger charge is -2.19. The van der Waals surface area contributed by atoms with Crippen LogP contribution in [0.25, 0.3) is 21.0 Å². The highest BCUT2D eigenvalue weighted by Crippen LogP contribution is 2.32. The van der Waals surface area contributed by atoms with Gasteiger partial charge in [-0.05, 0) is 46.7 Å². The Kier molecular flexibility index (Phi) is 5.49. The molecule has 31 heavy (non-hydrogen) atoms. The van der Waals surface area contributed by atoms with Crippen LogP contribution >= 0.6 is 27.3 Å². The molecule has 0 aliphatic carbocycles. The maximum Gasteiger partial charge on any atom is 0.233 e. The molecule has 0 radical (unpaired) electrons. The van der Waals surface area contributed by atoms with Gasteiger partial charge in [-0.3, -0.25) is 14.7 Å². The molecule has 4 nitrogen and oxygen atoms in total. The summed E-state index contributed by atoms with van der Waals surface area (Å²) in [7, 11) is 0. The number of thiazole rings is 1. The Morgan fingerprint density at radius 1 is 0.935 bits per heavy atom. The van der Waals surface area contributed by atoms with E-state index in [1.165, 1.54) is 16.7 Å². The first-order chi connectivity index (χ1) is 15.2. The lowest BCUT2D eigenvalue weighted by atomic mass is 10.0. The molecule has 0 spiro atoms. The summed E-state index contributed by atoms with van der Waals surface area (Å²) in [6.45, 7) is 0.383. The summed E-state index contributed by atoms with van der Waals surface area (Å²) in [5.74, 6) is -0.000874. The summed E-state index contributed by atoms with van der Waals surface area (Å²) in [6.07, 6.45) is 2.05. The normalized spacial score (nSPS) is 11.1. The molecule has 1 amide bonds. The number of fused-ring (bicyclic) bond motifs is 2. The molecule has 5 aromatic rings. The number of nitrogens with zero attached hydrogens (tertiary/aromatic N) is 3. The predicted molar refractivity (Wildman–Crippen MR) is 130 cm³/mol. The van der Waals surface area contributed by atoms with Crippen LogP contribution in [0.2, 0.25) is 0 Å². The van der Waals surface area contributed by atoms with Gasteiger partial charge in [0.15, 0.2) is 5.13 Å². The SMILES string of the molecule is O=C(Cc1ccc2ccccc2c1)N(Cc1ccccn1)c1nc2ccc(Br)cc2s1. The zero-order valence-corrected chi connectivity index (χ0v) is 18.9. The van der Waals surface area contributed by atoms with Gasteiger partial charge >= 0.3 is 0 Å². The fourth-order valence-corrected chi connectivity index (χ4v) is 5.07. The third-order valence-electron chi connectivity index (χ3n) is 5.09. The van der Waals surface area contributed by atoms with Crippen LogP contribution < -0.4 is 4.90 Å². The largest absolute Gasteiger partial charge is 0.282 e. The van der Waals surface area contributed by atoms with Crippen molar-refractivity contribution >= 4 is 59.3 Å². The highest BCUT2D eigenvalue weighted by Gasteiger charge is 2.21. The molecule has 2 heterocycles. The summed E-state index contributed by atoms with van der Waals surface area (Å²) < 4.78 is 2.03. The van der Waals surface area contributed by atoms with Gasteiger partial charge in [0.05, 0.1) is 28.9 Å². The Balaban J connectivity index is 1.49. The lowest BCUT2D eigenvalue weighted by Crippen LogP contribution is -2.32. The smallest absolute Gasteiger partial charge is 0.233 e. The predicted octanol–water partition coefficient (Wildman–Crippen LogP) is 6.38. The van der Waals surface area contributed by atoms with Crippen molar-refractivity contribution in [2.45, 2.75) is 13.0 Å². The van der Waals surface area contributed by atoms with E-state index in [0.29, 0.717) is 18.1 Å². The van der Waals surface area contributed by atoms with Gasteiger partial charge < -0.3 is 0 Å². The topological polar surface area (TPSA) is 46.1 Å². The summed E-state index contributed by atoms with van der Waals surface area (Å²) in [4.78, 5) is 24.4. The zero-order chi connectivity index (χ0) is 21.2. The van der Waals surface area contributed by atoms with E-state index in [1.54, 1.807) is 11.1 Å². The molecular weight excluding hydrogens is 470 g/mol. The van der Waals surface area contributed by atoms with E-state index in [4.69, 9.17) is 4.98 Å². The van der Waals surface area contributed by atoms with Crippen molar-refractivity contribution in [1.82, 2.24) is 9.97 Å². The van der Waals surface area contributed by atoms with Gasteiger partial charge in [-0.25, -0.2) is 4.98 Å². The molecule has 6 heteroatoms. The van der Waals surface area contributed by atoms with E-state index in [2.05, 4.69) is 45.2 Å². The van der Waals surface area contributed by atoms with Crippen molar-refractivity contribution < 1.29 is 4.79 Å². The second kappa shape index (κ2) is 8.57. The number of amides is 1. The van der Waals surface area contributed by atoms with Gasteiger partial charge in [0.1, 0.15) is 0 Å². The van der Waals surface area contributed by atoms with Crippen molar-refractivity contribution in [2.24, 2.45) is 0 Å². The van der Waals surface area contributed by atoms with Gasteiger partial charge in [-0.2, -0.15) is 0 Å². The molecule has 5 rings (SSSR count). The average molecular weight is 488 g/mol. The Hall–Kier alpha value is -3.09. The van der Waals surface area contributed by atoms with Gasteiger partial charge in [0.2, 0.25) is 5.91 Å². The molecule has 0 saturated carbocycles. The number of rotatable bonds is 5. The molecule has 0 atom stereocenters. The van der Waals surface area contributed by atoms with Gasteiger partial charge in [-0.1, -0.05) is 75.8 Å². The molecule has 2 aromatic heterocycles. The Morgan fingerprint density at radius 3 is 2.61 bits per heavy atom. The number of carbonyl (C=O) groups is 1. The first-order valence-corrected chi connectivity index (χ1v) is 11.5. The molecule has 0 fully saturated rings. The standard InChI is InChI=1S/C25H18BrN3OS/c26-20-10-11-22-23(15-20)31-25(28-22)29(16-21-7-3-4-12-27-21)24(30)14-17-8-9-18-5-1-2-6-19(18)13-17/h1-13,15H,14,16H2. The number of hydrogen-bond donors (Lipinski definition) is 0. The minimum atomic E-state index is -0.000874. The minimum absolute atomic E-state index is 0.000874. The Labute approximate surface area is 192 Å². The number of benzene rings is 3. The Bertz CT molecular complexity index is 1380. The highest BCUT2D eigenvalue weighted by molar-refractivity contribution is 9.10. The van der Waals surface area contributed by atoms with Crippen molar-refractivity contribution in [2.75, 3.05) is 4.90 Å². The van der Waals surface area contributed by atoms with Crippen LogP contribution in [-0.4, -0.2) is 15.9 Å². The van der Waals surface area contributed by atoms with Gasteiger partial charge in [0, 0.05) is 10.7 Å². The van der Waals surface area contributed by atoms with Crippen molar-refractivity contribution in [3.05, 3.63) is 101 Å².